The Morgan fingerprint density at radius 2 is 2.24 bits per heavy atom. The second kappa shape index (κ2) is 6.05. The van der Waals surface area contributed by atoms with Crippen molar-refractivity contribution in [2.24, 2.45) is 0 Å². The minimum absolute atomic E-state index is 0.0230. The van der Waals surface area contributed by atoms with Crippen molar-refractivity contribution in [1.29, 1.82) is 0 Å². The van der Waals surface area contributed by atoms with Crippen LogP contribution in [0.2, 0.25) is 0 Å². The largest absolute Gasteiger partial charge is 0.338 e. The molecule has 2 N–H and O–H groups in total. The molecule has 1 aliphatic heterocycles. The number of amides is 2. The molecule has 21 heavy (non-hydrogen) atoms. The van der Waals surface area contributed by atoms with E-state index >= 15 is 0 Å². The van der Waals surface area contributed by atoms with Gasteiger partial charge in [-0.1, -0.05) is 0 Å². The second-order valence-electron chi connectivity index (χ2n) is 5.90. The number of H-pyrrole nitrogens is 1. The maximum Gasteiger partial charge on any atom is 0.317 e. The predicted molar refractivity (Wildman–Crippen MR) is 79.7 cm³/mol. The Morgan fingerprint density at radius 3 is 2.90 bits per heavy atom. The number of nitrogens with one attached hydrogen (secondary N) is 2. The highest BCUT2D eigenvalue weighted by Gasteiger charge is 2.37. The van der Waals surface area contributed by atoms with Gasteiger partial charge in [0.1, 0.15) is 0 Å². The Labute approximate surface area is 125 Å². The molecule has 0 radical (unpaired) electrons. The van der Waals surface area contributed by atoms with Crippen molar-refractivity contribution in [3.05, 3.63) is 18.0 Å². The molecule has 0 bridgehead atoms. The molecule has 2 heterocycles. The van der Waals surface area contributed by atoms with Crippen molar-refractivity contribution in [2.75, 3.05) is 25.4 Å². The van der Waals surface area contributed by atoms with Gasteiger partial charge in [0.15, 0.2) is 9.84 Å². The summed E-state index contributed by atoms with van der Waals surface area (Å²) in [7, 11) is -3.15. The first-order valence-electron chi connectivity index (χ1n) is 7.04. The summed E-state index contributed by atoms with van der Waals surface area (Å²) in [5.41, 5.74) is 1.02. The second-order valence-corrected chi connectivity index (χ2v) is 8.65. The number of hydrogen-bond acceptors (Lipinski definition) is 4. The van der Waals surface area contributed by atoms with E-state index in [1.54, 1.807) is 31.1 Å². The maximum atomic E-state index is 12.1. The summed E-state index contributed by atoms with van der Waals surface area (Å²) in [5.74, 6) is 0.0230. The van der Waals surface area contributed by atoms with Crippen molar-refractivity contribution in [3.63, 3.8) is 0 Å². The fraction of sp³-hybridized carbons (Fsp3) is 0.692. The van der Waals surface area contributed by atoms with E-state index in [1.807, 2.05) is 0 Å². The monoisotopic (exact) mass is 314 g/mol. The molecule has 0 unspecified atom stereocenters. The molecule has 1 saturated heterocycles. The SMILES string of the molecule is CC1(C)CCN(C(=O)NCCc2cn[nH]c2)CCS1(=O)=O. The lowest BCUT2D eigenvalue weighted by Crippen LogP contribution is -2.42. The van der Waals surface area contributed by atoms with Gasteiger partial charge in [-0.15, -0.1) is 0 Å². The van der Waals surface area contributed by atoms with Gasteiger partial charge in [-0.3, -0.25) is 5.10 Å². The number of carbonyl (C=O) groups excluding carboxylic acids is 1. The normalized spacial score (nSPS) is 20.8. The quantitative estimate of drug-likeness (QED) is 0.852. The number of carbonyl (C=O) groups is 1. The van der Waals surface area contributed by atoms with Crippen LogP contribution in [0.3, 0.4) is 0 Å². The molecule has 0 saturated carbocycles. The number of urea groups is 1. The van der Waals surface area contributed by atoms with E-state index in [9.17, 15) is 13.2 Å². The summed E-state index contributed by atoms with van der Waals surface area (Å²) >= 11 is 0. The van der Waals surface area contributed by atoms with Gasteiger partial charge < -0.3 is 10.2 Å². The molecule has 118 valence electrons. The van der Waals surface area contributed by atoms with Crippen LogP contribution in [0, 0.1) is 0 Å². The Morgan fingerprint density at radius 1 is 1.48 bits per heavy atom. The molecule has 1 aromatic heterocycles. The van der Waals surface area contributed by atoms with Gasteiger partial charge in [-0.25, -0.2) is 13.2 Å². The zero-order valence-corrected chi connectivity index (χ0v) is 13.2. The number of hydrogen-bond donors (Lipinski definition) is 2. The van der Waals surface area contributed by atoms with Crippen LogP contribution in [0.15, 0.2) is 12.4 Å². The van der Waals surface area contributed by atoms with Gasteiger partial charge in [0, 0.05) is 25.8 Å². The summed E-state index contributed by atoms with van der Waals surface area (Å²) in [6.45, 7) is 4.67. The predicted octanol–water partition coefficient (Wildman–Crippen LogP) is 0.561. The fourth-order valence-corrected chi connectivity index (χ4v) is 3.64. The topological polar surface area (TPSA) is 95.2 Å². The van der Waals surface area contributed by atoms with Crippen LogP contribution in [0.25, 0.3) is 0 Å². The van der Waals surface area contributed by atoms with E-state index in [4.69, 9.17) is 0 Å². The van der Waals surface area contributed by atoms with Crippen molar-refractivity contribution < 1.29 is 13.2 Å². The van der Waals surface area contributed by atoms with E-state index < -0.39 is 14.6 Å². The highest BCUT2D eigenvalue weighted by molar-refractivity contribution is 7.92. The van der Waals surface area contributed by atoms with Gasteiger partial charge in [0.25, 0.3) is 0 Å². The van der Waals surface area contributed by atoms with Crippen LogP contribution < -0.4 is 5.32 Å². The molecule has 1 fully saturated rings. The lowest BCUT2D eigenvalue weighted by Gasteiger charge is -2.22. The number of nitrogens with zero attached hydrogens (tertiary/aromatic N) is 2. The molecule has 0 aliphatic carbocycles. The molecule has 2 amide bonds. The summed E-state index contributed by atoms with van der Waals surface area (Å²) < 4.78 is 23.4. The third-order valence-electron chi connectivity index (χ3n) is 3.99. The highest BCUT2D eigenvalue weighted by atomic mass is 32.2. The lowest BCUT2D eigenvalue weighted by atomic mass is 10.1. The number of aromatic amines is 1. The molecule has 7 nitrogen and oxygen atoms in total. The van der Waals surface area contributed by atoms with Gasteiger partial charge in [-0.05, 0) is 32.3 Å². The average molecular weight is 314 g/mol. The van der Waals surface area contributed by atoms with Crippen LogP contribution in [-0.2, 0) is 16.3 Å². The minimum Gasteiger partial charge on any atom is -0.338 e. The minimum atomic E-state index is -3.15. The van der Waals surface area contributed by atoms with Gasteiger partial charge in [-0.2, -0.15) is 5.10 Å². The molecular weight excluding hydrogens is 292 g/mol. The molecule has 0 aromatic carbocycles. The smallest absolute Gasteiger partial charge is 0.317 e. The van der Waals surface area contributed by atoms with Crippen molar-refractivity contribution in [3.8, 4) is 0 Å². The van der Waals surface area contributed by atoms with Gasteiger partial charge in [0.2, 0.25) is 0 Å². The molecule has 8 heteroatoms. The van der Waals surface area contributed by atoms with Gasteiger partial charge >= 0.3 is 6.03 Å². The molecule has 1 aliphatic rings. The average Bonchev–Trinajstić information content (AvgIpc) is 2.87. The summed E-state index contributed by atoms with van der Waals surface area (Å²) in [5, 5.41) is 9.38. The highest BCUT2D eigenvalue weighted by Crippen LogP contribution is 2.25. The third kappa shape index (κ3) is 3.75. The van der Waals surface area contributed by atoms with E-state index in [2.05, 4.69) is 15.5 Å². The number of aromatic nitrogens is 2. The summed E-state index contributed by atoms with van der Waals surface area (Å²) in [4.78, 5) is 13.7. The molecule has 2 rings (SSSR count). The van der Waals surface area contributed by atoms with Crippen molar-refractivity contribution in [2.45, 2.75) is 31.4 Å². The summed E-state index contributed by atoms with van der Waals surface area (Å²) in [6, 6.07) is -0.202. The van der Waals surface area contributed by atoms with E-state index in [0.29, 0.717) is 25.9 Å². The zero-order valence-electron chi connectivity index (χ0n) is 12.4. The van der Waals surface area contributed by atoms with Crippen LogP contribution in [0.1, 0.15) is 25.8 Å². The molecular formula is C13H22N4O3S. The standard InChI is InChI=1S/C13H22N4O3S/c1-13(2)4-6-17(7-8-21(13,19)20)12(18)14-5-3-11-9-15-16-10-11/h9-10H,3-8H2,1-2H3,(H,14,18)(H,15,16). The number of sulfone groups is 1. The van der Waals surface area contributed by atoms with Crippen LogP contribution in [0.5, 0.6) is 0 Å². The Bertz CT molecular complexity index is 581. The van der Waals surface area contributed by atoms with Crippen LogP contribution in [-0.4, -0.2) is 59.7 Å². The Balaban J connectivity index is 1.86. The Kier molecular flexibility index (Phi) is 4.55. The molecule has 0 spiro atoms. The first-order valence-corrected chi connectivity index (χ1v) is 8.70. The van der Waals surface area contributed by atoms with Crippen LogP contribution in [0.4, 0.5) is 4.79 Å². The van der Waals surface area contributed by atoms with Crippen molar-refractivity contribution in [1.82, 2.24) is 20.4 Å². The first kappa shape index (κ1) is 15.8. The third-order valence-corrected chi connectivity index (χ3v) is 6.60. The number of rotatable bonds is 3. The van der Waals surface area contributed by atoms with E-state index in [-0.39, 0.29) is 18.3 Å². The Hall–Kier alpha value is -1.57. The van der Waals surface area contributed by atoms with E-state index in [1.165, 1.54) is 0 Å². The van der Waals surface area contributed by atoms with E-state index in [0.717, 1.165) is 5.56 Å². The zero-order chi connectivity index (χ0) is 15.5. The maximum absolute atomic E-state index is 12.1. The molecule has 1 aromatic rings. The summed E-state index contributed by atoms with van der Waals surface area (Å²) in [6.07, 6.45) is 4.66. The van der Waals surface area contributed by atoms with Gasteiger partial charge in [0.05, 0.1) is 16.7 Å². The van der Waals surface area contributed by atoms with Crippen molar-refractivity contribution >= 4 is 15.9 Å². The first-order chi connectivity index (χ1) is 9.82. The lowest BCUT2D eigenvalue weighted by molar-refractivity contribution is 0.200. The molecule has 0 atom stereocenters. The van der Waals surface area contributed by atoms with Crippen LogP contribution >= 0.6 is 0 Å². The fourth-order valence-electron chi connectivity index (χ4n) is 2.22.